The summed E-state index contributed by atoms with van der Waals surface area (Å²) in [5.74, 6) is -7.90. The van der Waals surface area contributed by atoms with Crippen LogP contribution in [0.25, 0.3) is 0 Å². The van der Waals surface area contributed by atoms with Gasteiger partial charge in [0.25, 0.3) is 11.7 Å². The van der Waals surface area contributed by atoms with Gasteiger partial charge in [0.05, 0.1) is 31.0 Å². The number of rotatable bonds is 8. The van der Waals surface area contributed by atoms with Crippen LogP contribution in [-0.4, -0.2) is 121 Å². The molecule has 1 aliphatic carbocycles. The van der Waals surface area contributed by atoms with E-state index in [0.717, 1.165) is 12.0 Å². The van der Waals surface area contributed by atoms with Crippen molar-refractivity contribution in [3.05, 3.63) is 35.5 Å². The number of ketones is 2. The number of halogens is 1. The molecule has 59 heavy (non-hydrogen) atoms. The molecule has 334 valence electrons. The lowest BCUT2D eigenvalue weighted by molar-refractivity contribution is -0.302. The number of hydrogen-bond acceptors (Lipinski definition) is 11. The third-order valence-corrected chi connectivity index (χ3v) is 13.3. The van der Waals surface area contributed by atoms with Crippen molar-refractivity contribution in [1.29, 1.82) is 0 Å². The Labute approximate surface area is 351 Å². The second-order valence-electron chi connectivity index (χ2n) is 17.7. The van der Waals surface area contributed by atoms with E-state index in [1.165, 1.54) is 19.1 Å². The second kappa shape index (κ2) is 22.3. The SMILES string of the molecule is CC=CCOC1CCC(C=C(C)C2OC(=O)C3CCCCN3C(=O)C(=O)C3(O)OC(C(OC)CC(C)C(F)C(C)=CC(CC)C(=O)CCC2C)C(OC)CC3C)CC1O. The van der Waals surface area contributed by atoms with Crippen LogP contribution < -0.4 is 0 Å². The monoisotopic (exact) mass is 834 g/mol. The molecule has 3 fully saturated rings. The molecule has 3 heterocycles. The van der Waals surface area contributed by atoms with Gasteiger partial charge in [-0.05, 0) is 114 Å². The summed E-state index contributed by atoms with van der Waals surface area (Å²) in [6.07, 6.45) is 6.46. The topological polar surface area (TPSA) is 158 Å². The van der Waals surface area contributed by atoms with Gasteiger partial charge in [0, 0.05) is 39.0 Å². The second-order valence-corrected chi connectivity index (χ2v) is 17.7. The van der Waals surface area contributed by atoms with E-state index in [9.17, 15) is 29.4 Å². The number of carbonyl (C=O) groups is 4. The predicted molar refractivity (Wildman–Crippen MR) is 221 cm³/mol. The molecule has 4 rings (SSSR count). The highest BCUT2D eigenvalue weighted by molar-refractivity contribution is 6.39. The Morgan fingerprint density at radius 1 is 0.983 bits per heavy atom. The first-order valence-electron chi connectivity index (χ1n) is 22.0. The fourth-order valence-corrected chi connectivity index (χ4v) is 9.52. The number of alkyl halides is 1. The van der Waals surface area contributed by atoms with Crippen LogP contribution in [0.5, 0.6) is 0 Å². The zero-order valence-corrected chi connectivity index (χ0v) is 36.9. The number of Topliss-reactive ketones (excluding diaryl/α,β-unsaturated/α-hetero) is 2. The predicted octanol–water partition coefficient (Wildman–Crippen LogP) is 6.40. The summed E-state index contributed by atoms with van der Waals surface area (Å²) in [5.41, 5.74) is 1.17. The Morgan fingerprint density at radius 3 is 2.32 bits per heavy atom. The van der Waals surface area contributed by atoms with Crippen LogP contribution in [0.1, 0.15) is 119 Å². The molecule has 1 amide bonds. The number of hydrogen-bond donors (Lipinski definition) is 2. The van der Waals surface area contributed by atoms with Crippen LogP contribution in [0.15, 0.2) is 35.5 Å². The van der Waals surface area contributed by atoms with Crippen molar-refractivity contribution in [1.82, 2.24) is 4.90 Å². The van der Waals surface area contributed by atoms with Gasteiger partial charge in [-0.25, -0.2) is 9.18 Å². The van der Waals surface area contributed by atoms with Gasteiger partial charge < -0.3 is 38.8 Å². The highest BCUT2D eigenvalue weighted by Crippen LogP contribution is 2.39. The van der Waals surface area contributed by atoms with Crippen LogP contribution in [-0.2, 0) is 42.9 Å². The Bertz CT molecular complexity index is 1530. The normalized spacial score (nSPS) is 39.3. The number of fused-ring (bicyclic) bond motifs is 3. The van der Waals surface area contributed by atoms with Gasteiger partial charge in [0.1, 0.15) is 30.2 Å². The van der Waals surface area contributed by atoms with Crippen molar-refractivity contribution >= 4 is 23.4 Å². The van der Waals surface area contributed by atoms with Gasteiger partial charge in [0.2, 0.25) is 5.79 Å². The molecule has 0 spiro atoms. The molecule has 0 radical (unpaired) electrons. The molecule has 2 saturated heterocycles. The number of methoxy groups -OCH3 is 2. The molecule has 4 aliphatic rings. The summed E-state index contributed by atoms with van der Waals surface area (Å²) < 4.78 is 46.2. The zero-order valence-electron chi connectivity index (χ0n) is 36.9. The van der Waals surface area contributed by atoms with Crippen molar-refractivity contribution in [3.63, 3.8) is 0 Å². The maximum atomic E-state index is 16.2. The molecular formula is C46H72FNO11. The maximum absolute atomic E-state index is 16.2. The standard InChI is InChI=1S/C46H72FNO11/c1-10-12-21-57-37-19-17-32(26-36(37)50)22-30(6)41-27(3)16-18-35(49)33(11-2)23-28(4)40(47)29(5)24-38(55-8)42-39(56-9)25-31(7)46(54,59-42)43(51)44(52)48-20-14-13-15-34(48)45(53)58-41/h10,12,22-23,27,29,31-34,36-42,50,54H,11,13-21,24-26H2,1-9H3. The van der Waals surface area contributed by atoms with Crippen molar-refractivity contribution in [2.75, 3.05) is 27.4 Å². The minimum absolute atomic E-state index is 0.0132. The molecule has 14 atom stereocenters. The van der Waals surface area contributed by atoms with Gasteiger partial charge in [-0.15, -0.1) is 0 Å². The number of esters is 1. The molecule has 0 aromatic rings. The third-order valence-electron chi connectivity index (χ3n) is 13.3. The Hall–Kier alpha value is -2.81. The first kappa shape index (κ1) is 48.9. The highest BCUT2D eigenvalue weighted by atomic mass is 19.1. The molecule has 3 aliphatic heterocycles. The molecular weight excluding hydrogens is 761 g/mol. The van der Waals surface area contributed by atoms with Gasteiger partial charge in [-0.1, -0.05) is 52.0 Å². The van der Waals surface area contributed by atoms with Crippen molar-refractivity contribution in [2.24, 2.45) is 29.6 Å². The van der Waals surface area contributed by atoms with Crippen LogP contribution in [0.2, 0.25) is 0 Å². The van der Waals surface area contributed by atoms with E-state index in [0.29, 0.717) is 50.7 Å². The number of ether oxygens (including phenoxy) is 5. The van der Waals surface area contributed by atoms with Crippen LogP contribution in [0, 0.1) is 29.6 Å². The number of amides is 1. The summed E-state index contributed by atoms with van der Waals surface area (Å²) >= 11 is 0. The Morgan fingerprint density at radius 2 is 1.68 bits per heavy atom. The molecule has 2 N–H and O–H groups in total. The van der Waals surface area contributed by atoms with Crippen LogP contribution in [0.3, 0.4) is 0 Å². The Balaban J connectivity index is 1.72. The van der Waals surface area contributed by atoms with Crippen molar-refractivity contribution in [2.45, 2.75) is 174 Å². The van der Waals surface area contributed by atoms with Crippen molar-refractivity contribution in [3.8, 4) is 0 Å². The first-order valence-corrected chi connectivity index (χ1v) is 22.0. The zero-order chi connectivity index (χ0) is 43.6. The van der Waals surface area contributed by atoms with E-state index in [2.05, 4.69) is 0 Å². The molecule has 0 aromatic carbocycles. The molecule has 0 aromatic heterocycles. The third kappa shape index (κ3) is 12.0. The minimum atomic E-state index is -2.57. The van der Waals surface area contributed by atoms with Crippen LogP contribution >= 0.6 is 0 Å². The smallest absolute Gasteiger partial charge is 0.329 e. The summed E-state index contributed by atoms with van der Waals surface area (Å²) in [6.45, 7) is 13.1. The quantitative estimate of drug-likeness (QED) is 0.159. The summed E-state index contributed by atoms with van der Waals surface area (Å²) in [5, 5.41) is 23.0. The summed E-state index contributed by atoms with van der Waals surface area (Å²) in [7, 11) is 2.91. The fraction of sp³-hybridized carbons (Fsp3) is 0.783. The lowest BCUT2D eigenvalue weighted by Crippen LogP contribution is -2.64. The number of cyclic esters (lactones) is 1. The lowest BCUT2D eigenvalue weighted by atomic mass is 9.81. The van der Waals surface area contributed by atoms with Gasteiger partial charge >= 0.3 is 5.97 Å². The number of aliphatic hydroxyl groups is 2. The van der Waals surface area contributed by atoms with Gasteiger partial charge in [-0.3, -0.25) is 14.4 Å². The van der Waals surface area contributed by atoms with E-state index < -0.39 is 83.9 Å². The van der Waals surface area contributed by atoms with E-state index >= 15 is 4.39 Å². The highest BCUT2D eigenvalue weighted by Gasteiger charge is 2.56. The average Bonchev–Trinajstić information content (AvgIpc) is 3.22. The average molecular weight is 834 g/mol. The Kier molecular flexibility index (Phi) is 18.5. The van der Waals surface area contributed by atoms with Gasteiger partial charge in [0.15, 0.2) is 0 Å². The fourth-order valence-electron chi connectivity index (χ4n) is 9.52. The molecule has 13 heteroatoms. The molecule has 14 unspecified atom stereocenters. The minimum Gasteiger partial charge on any atom is -0.456 e. The number of aliphatic hydroxyl groups excluding tert-OH is 1. The first-order chi connectivity index (χ1) is 28.0. The maximum Gasteiger partial charge on any atom is 0.329 e. The number of nitrogens with zero attached hydrogens (tertiary/aromatic N) is 1. The number of allylic oxidation sites excluding steroid dienone is 4. The molecule has 12 nitrogen and oxygen atoms in total. The van der Waals surface area contributed by atoms with E-state index in [4.69, 9.17) is 23.7 Å². The van der Waals surface area contributed by atoms with E-state index in [1.807, 2.05) is 45.9 Å². The van der Waals surface area contributed by atoms with Crippen LogP contribution in [0.4, 0.5) is 4.39 Å². The van der Waals surface area contributed by atoms with Crippen molar-refractivity contribution < 1.29 is 57.5 Å². The lowest BCUT2D eigenvalue weighted by Gasteiger charge is -2.47. The number of piperidine rings is 1. The van der Waals surface area contributed by atoms with E-state index in [-0.39, 0.29) is 56.0 Å². The van der Waals surface area contributed by atoms with E-state index in [1.54, 1.807) is 26.8 Å². The van der Waals surface area contributed by atoms with Gasteiger partial charge in [-0.2, -0.15) is 0 Å². The number of carbonyl (C=O) groups excluding carboxylic acids is 4. The molecule has 2 bridgehead atoms. The summed E-state index contributed by atoms with van der Waals surface area (Å²) in [4.78, 5) is 57.7. The molecule has 1 saturated carbocycles. The summed E-state index contributed by atoms with van der Waals surface area (Å²) in [6, 6.07) is -1.10. The largest absolute Gasteiger partial charge is 0.456 e.